The van der Waals surface area contributed by atoms with Crippen LogP contribution in [0.15, 0.2) is 56.4 Å². The third-order valence-corrected chi connectivity index (χ3v) is 6.45. The lowest BCUT2D eigenvalue weighted by Gasteiger charge is -2.33. The lowest BCUT2D eigenvalue weighted by molar-refractivity contribution is 0.168. The highest BCUT2D eigenvalue weighted by molar-refractivity contribution is 7.89. The molecule has 1 aliphatic heterocycles. The maximum atomic E-state index is 12.7. The monoisotopic (exact) mass is 408 g/mol. The van der Waals surface area contributed by atoms with E-state index in [2.05, 4.69) is 15.1 Å². The minimum absolute atomic E-state index is 0.212. The smallest absolute Gasteiger partial charge is 0.283 e. The van der Waals surface area contributed by atoms with Crippen molar-refractivity contribution in [1.82, 2.24) is 19.4 Å². The molecular formula is C17H17ClN4O4S. The molecule has 0 saturated carbocycles. The number of piperazine rings is 1. The van der Waals surface area contributed by atoms with Crippen LogP contribution >= 0.6 is 11.6 Å². The highest BCUT2D eigenvalue weighted by atomic mass is 35.5. The SMILES string of the molecule is O=S(=O)(c1cccc(Cl)c1)N1CCN(Cc2nnc(-c3ccco3)o2)CC1. The van der Waals surface area contributed by atoms with E-state index in [1.807, 2.05) is 0 Å². The van der Waals surface area contributed by atoms with Gasteiger partial charge in [0.15, 0.2) is 5.76 Å². The molecule has 0 spiro atoms. The molecule has 10 heteroatoms. The lowest BCUT2D eigenvalue weighted by atomic mass is 10.3. The van der Waals surface area contributed by atoms with E-state index in [0.29, 0.717) is 55.3 Å². The van der Waals surface area contributed by atoms with Gasteiger partial charge in [-0.1, -0.05) is 17.7 Å². The van der Waals surface area contributed by atoms with Crippen molar-refractivity contribution in [2.24, 2.45) is 0 Å². The average Bonchev–Trinajstić information content (AvgIpc) is 3.34. The van der Waals surface area contributed by atoms with Crippen molar-refractivity contribution in [3.05, 3.63) is 53.6 Å². The van der Waals surface area contributed by atoms with Crippen molar-refractivity contribution in [1.29, 1.82) is 0 Å². The normalized spacial score (nSPS) is 16.6. The number of sulfonamides is 1. The van der Waals surface area contributed by atoms with Gasteiger partial charge in [-0.3, -0.25) is 4.90 Å². The molecule has 3 heterocycles. The second-order valence-corrected chi connectivity index (χ2v) is 8.49. The van der Waals surface area contributed by atoms with E-state index in [1.165, 1.54) is 10.4 Å². The van der Waals surface area contributed by atoms with Gasteiger partial charge in [-0.25, -0.2) is 8.42 Å². The molecule has 142 valence electrons. The molecule has 1 fully saturated rings. The Labute approximate surface area is 161 Å². The second kappa shape index (κ2) is 7.43. The van der Waals surface area contributed by atoms with Crippen molar-refractivity contribution in [2.75, 3.05) is 26.2 Å². The Bertz CT molecular complexity index is 1010. The third-order valence-electron chi connectivity index (χ3n) is 4.32. The number of benzene rings is 1. The second-order valence-electron chi connectivity index (χ2n) is 6.12. The Morgan fingerprint density at radius 3 is 2.59 bits per heavy atom. The molecule has 0 bridgehead atoms. The number of rotatable bonds is 5. The first-order valence-corrected chi connectivity index (χ1v) is 10.2. The summed E-state index contributed by atoms with van der Waals surface area (Å²) in [5.41, 5.74) is 0. The maximum absolute atomic E-state index is 12.7. The van der Waals surface area contributed by atoms with Crippen LogP contribution in [0.4, 0.5) is 0 Å². The highest BCUT2D eigenvalue weighted by Crippen LogP contribution is 2.22. The van der Waals surface area contributed by atoms with Crippen LogP contribution in [0.3, 0.4) is 0 Å². The molecule has 3 aromatic rings. The predicted octanol–water partition coefficient (Wildman–Crippen LogP) is 2.49. The molecule has 1 saturated heterocycles. The Morgan fingerprint density at radius 2 is 1.89 bits per heavy atom. The topological polar surface area (TPSA) is 92.7 Å². The zero-order valence-corrected chi connectivity index (χ0v) is 15.9. The van der Waals surface area contributed by atoms with Crippen molar-refractivity contribution in [3.63, 3.8) is 0 Å². The molecule has 0 unspecified atom stereocenters. The standard InChI is InChI=1S/C17H17ClN4O4S/c18-13-3-1-4-14(11-13)27(23,24)22-8-6-21(7-9-22)12-16-19-20-17(26-16)15-5-2-10-25-15/h1-5,10-11H,6-9,12H2. The molecule has 1 aliphatic rings. The molecular weight excluding hydrogens is 392 g/mol. The molecule has 4 rings (SSSR count). The Morgan fingerprint density at radius 1 is 1.07 bits per heavy atom. The van der Waals surface area contributed by atoms with E-state index >= 15 is 0 Å². The van der Waals surface area contributed by atoms with Gasteiger partial charge >= 0.3 is 0 Å². The van der Waals surface area contributed by atoms with Gasteiger partial charge in [-0.05, 0) is 30.3 Å². The number of aromatic nitrogens is 2. The van der Waals surface area contributed by atoms with E-state index in [-0.39, 0.29) is 4.90 Å². The van der Waals surface area contributed by atoms with Crippen molar-refractivity contribution < 1.29 is 17.3 Å². The van der Waals surface area contributed by atoms with Gasteiger partial charge in [0.25, 0.3) is 5.89 Å². The number of halogens is 1. The third kappa shape index (κ3) is 3.91. The zero-order valence-electron chi connectivity index (χ0n) is 14.3. The summed E-state index contributed by atoms with van der Waals surface area (Å²) >= 11 is 5.92. The summed E-state index contributed by atoms with van der Waals surface area (Å²) in [7, 11) is -3.55. The summed E-state index contributed by atoms with van der Waals surface area (Å²) in [6.45, 7) is 2.36. The Balaban J connectivity index is 1.38. The summed E-state index contributed by atoms with van der Waals surface area (Å²) in [5.74, 6) is 1.32. The molecule has 2 aromatic heterocycles. The molecule has 0 amide bonds. The van der Waals surface area contributed by atoms with Crippen LogP contribution in [-0.4, -0.2) is 54.0 Å². The van der Waals surface area contributed by atoms with Crippen molar-refractivity contribution >= 4 is 21.6 Å². The summed E-state index contributed by atoms with van der Waals surface area (Å²) in [6.07, 6.45) is 1.54. The van der Waals surface area contributed by atoms with Gasteiger partial charge < -0.3 is 8.83 Å². The first kappa shape index (κ1) is 18.2. The van der Waals surface area contributed by atoms with E-state index < -0.39 is 10.0 Å². The van der Waals surface area contributed by atoms with Crippen LogP contribution in [0, 0.1) is 0 Å². The van der Waals surface area contributed by atoms with Gasteiger partial charge in [0.1, 0.15) is 0 Å². The average molecular weight is 409 g/mol. The number of hydrogen-bond acceptors (Lipinski definition) is 7. The summed E-state index contributed by atoms with van der Waals surface area (Å²) in [6, 6.07) is 9.81. The molecule has 0 N–H and O–H groups in total. The van der Waals surface area contributed by atoms with Crippen LogP contribution in [-0.2, 0) is 16.6 Å². The zero-order chi connectivity index (χ0) is 18.9. The molecule has 1 aromatic carbocycles. The molecule has 8 nitrogen and oxygen atoms in total. The minimum Gasteiger partial charge on any atom is -0.459 e. The van der Waals surface area contributed by atoms with E-state index in [4.69, 9.17) is 20.4 Å². The van der Waals surface area contributed by atoms with Crippen molar-refractivity contribution in [2.45, 2.75) is 11.4 Å². The van der Waals surface area contributed by atoms with E-state index in [0.717, 1.165) is 0 Å². The van der Waals surface area contributed by atoms with Crippen LogP contribution in [0.25, 0.3) is 11.7 Å². The first-order valence-electron chi connectivity index (χ1n) is 8.37. The molecule has 0 aliphatic carbocycles. The first-order chi connectivity index (χ1) is 13.0. The number of nitrogens with zero attached hydrogens (tertiary/aromatic N) is 4. The molecule has 0 radical (unpaired) electrons. The fourth-order valence-corrected chi connectivity index (χ4v) is 4.64. The van der Waals surface area contributed by atoms with Crippen molar-refractivity contribution in [3.8, 4) is 11.7 Å². The summed E-state index contributed by atoms with van der Waals surface area (Å²) in [4.78, 5) is 2.28. The fourth-order valence-electron chi connectivity index (χ4n) is 2.91. The van der Waals surface area contributed by atoms with Crippen LogP contribution in [0.5, 0.6) is 0 Å². The van der Waals surface area contributed by atoms with E-state index in [9.17, 15) is 8.42 Å². The Kier molecular flexibility index (Phi) is 5.00. The van der Waals surface area contributed by atoms with E-state index in [1.54, 1.807) is 36.6 Å². The van der Waals surface area contributed by atoms with Gasteiger partial charge in [-0.15, -0.1) is 10.2 Å². The molecule has 0 atom stereocenters. The van der Waals surface area contributed by atoms with Gasteiger partial charge in [0, 0.05) is 31.2 Å². The van der Waals surface area contributed by atoms with Gasteiger partial charge in [0.2, 0.25) is 15.9 Å². The van der Waals surface area contributed by atoms with Crippen LogP contribution in [0.1, 0.15) is 5.89 Å². The van der Waals surface area contributed by atoms with Gasteiger partial charge in [0.05, 0.1) is 17.7 Å². The lowest BCUT2D eigenvalue weighted by Crippen LogP contribution is -2.48. The summed E-state index contributed by atoms with van der Waals surface area (Å²) < 4.78 is 37.8. The Hall–Kier alpha value is -2.20. The maximum Gasteiger partial charge on any atom is 0.283 e. The fraction of sp³-hybridized carbons (Fsp3) is 0.294. The molecule has 27 heavy (non-hydrogen) atoms. The van der Waals surface area contributed by atoms with Crippen LogP contribution < -0.4 is 0 Å². The number of furan rings is 1. The predicted molar refractivity (Wildman–Crippen MR) is 97.5 cm³/mol. The number of hydrogen-bond donors (Lipinski definition) is 0. The quantitative estimate of drug-likeness (QED) is 0.640. The summed E-state index contributed by atoms with van der Waals surface area (Å²) in [5, 5.41) is 8.40. The van der Waals surface area contributed by atoms with Crippen LogP contribution in [0.2, 0.25) is 5.02 Å². The highest BCUT2D eigenvalue weighted by Gasteiger charge is 2.29. The van der Waals surface area contributed by atoms with Gasteiger partial charge in [-0.2, -0.15) is 4.31 Å². The minimum atomic E-state index is -3.55. The largest absolute Gasteiger partial charge is 0.459 e.